The first kappa shape index (κ1) is 17.9. The molecule has 0 bridgehead atoms. The van der Waals surface area contributed by atoms with Crippen LogP contribution in [0.5, 0.6) is 0 Å². The summed E-state index contributed by atoms with van der Waals surface area (Å²) in [5, 5.41) is 4.32. The third-order valence-electron chi connectivity index (χ3n) is 5.42. The van der Waals surface area contributed by atoms with Gasteiger partial charge in [-0.05, 0) is 56.5 Å². The van der Waals surface area contributed by atoms with Crippen LogP contribution in [-0.4, -0.2) is 32.8 Å². The van der Waals surface area contributed by atoms with Gasteiger partial charge in [0.2, 0.25) is 0 Å². The summed E-state index contributed by atoms with van der Waals surface area (Å²) in [6.45, 7) is 7.54. The van der Waals surface area contributed by atoms with E-state index < -0.39 is 0 Å². The van der Waals surface area contributed by atoms with Crippen molar-refractivity contribution in [2.24, 2.45) is 7.05 Å². The van der Waals surface area contributed by atoms with Gasteiger partial charge in [0, 0.05) is 49.2 Å². The minimum atomic E-state index is 0.499. The first-order chi connectivity index (χ1) is 13.1. The molecule has 1 aromatic carbocycles. The monoisotopic (exact) mass is 360 g/mol. The summed E-state index contributed by atoms with van der Waals surface area (Å²) in [4.78, 5) is 7.47. The first-order valence-corrected chi connectivity index (χ1v) is 9.82. The zero-order chi connectivity index (χ0) is 18.8. The van der Waals surface area contributed by atoms with E-state index in [-0.39, 0.29) is 0 Å². The molecule has 140 valence electrons. The van der Waals surface area contributed by atoms with E-state index in [4.69, 9.17) is 4.98 Å². The highest BCUT2D eigenvalue weighted by Crippen LogP contribution is 2.30. The lowest BCUT2D eigenvalue weighted by molar-refractivity contribution is 0.198. The molecule has 4 rings (SSSR count). The van der Waals surface area contributed by atoms with Gasteiger partial charge in [-0.25, -0.2) is 0 Å². The number of hydrogen-bond acceptors (Lipinski definition) is 3. The van der Waals surface area contributed by atoms with E-state index in [2.05, 4.69) is 66.4 Å². The fourth-order valence-corrected chi connectivity index (χ4v) is 4.15. The second-order valence-corrected chi connectivity index (χ2v) is 7.89. The SMILES string of the molecule is Cc1cccc(CN2CCC[C@@H](c3cc(-c4cnn(C)c4)cc(C)n3)C2)c1. The Balaban J connectivity index is 1.53. The fourth-order valence-electron chi connectivity index (χ4n) is 4.15. The Morgan fingerprint density at radius 1 is 1.11 bits per heavy atom. The van der Waals surface area contributed by atoms with Crippen LogP contribution in [0.15, 0.2) is 48.8 Å². The average Bonchev–Trinajstić information content (AvgIpc) is 3.08. The lowest BCUT2D eigenvalue weighted by Crippen LogP contribution is -2.34. The van der Waals surface area contributed by atoms with E-state index in [1.165, 1.54) is 41.8 Å². The van der Waals surface area contributed by atoms with Gasteiger partial charge >= 0.3 is 0 Å². The van der Waals surface area contributed by atoms with E-state index in [1.54, 1.807) is 0 Å². The summed E-state index contributed by atoms with van der Waals surface area (Å²) < 4.78 is 1.86. The molecule has 1 aliphatic rings. The Morgan fingerprint density at radius 3 is 2.78 bits per heavy atom. The predicted molar refractivity (Wildman–Crippen MR) is 110 cm³/mol. The molecule has 0 N–H and O–H groups in total. The maximum absolute atomic E-state index is 4.89. The number of benzene rings is 1. The number of aryl methyl sites for hydroxylation is 3. The molecule has 3 heterocycles. The number of pyridine rings is 1. The number of likely N-dealkylation sites (tertiary alicyclic amines) is 1. The quantitative estimate of drug-likeness (QED) is 0.688. The number of nitrogens with zero attached hydrogens (tertiary/aromatic N) is 4. The van der Waals surface area contributed by atoms with E-state index in [9.17, 15) is 0 Å². The second-order valence-electron chi connectivity index (χ2n) is 7.89. The van der Waals surface area contributed by atoms with Crippen LogP contribution >= 0.6 is 0 Å². The van der Waals surface area contributed by atoms with Crippen LogP contribution in [-0.2, 0) is 13.6 Å². The molecule has 1 atom stereocenters. The van der Waals surface area contributed by atoms with Gasteiger partial charge in [0.15, 0.2) is 0 Å². The van der Waals surface area contributed by atoms with E-state index in [0.29, 0.717) is 5.92 Å². The van der Waals surface area contributed by atoms with Gasteiger partial charge in [0.05, 0.1) is 6.20 Å². The van der Waals surface area contributed by atoms with E-state index >= 15 is 0 Å². The summed E-state index contributed by atoms with van der Waals surface area (Å²) in [6.07, 6.45) is 6.45. The molecule has 0 radical (unpaired) electrons. The van der Waals surface area contributed by atoms with Crippen LogP contribution in [0.3, 0.4) is 0 Å². The summed E-state index contributed by atoms with van der Waals surface area (Å²) in [7, 11) is 1.96. The van der Waals surface area contributed by atoms with Crippen molar-refractivity contribution in [1.82, 2.24) is 19.7 Å². The van der Waals surface area contributed by atoms with Crippen molar-refractivity contribution < 1.29 is 0 Å². The Kier molecular flexibility index (Phi) is 5.08. The van der Waals surface area contributed by atoms with Crippen molar-refractivity contribution in [3.63, 3.8) is 0 Å². The van der Waals surface area contributed by atoms with Crippen molar-refractivity contribution in [2.75, 3.05) is 13.1 Å². The van der Waals surface area contributed by atoms with E-state index in [0.717, 1.165) is 24.3 Å². The Bertz CT molecular complexity index is 928. The minimum Gasteiger partial charge on any atom is -0.298 e. The summed E-state index contributed by atoms with van der Waals surface area (Å²) in [5.74, 6) is 0.499. The molecule has 3 aromatic rings. The van der Waals surface area contributed by atoms with Gasteiger partial charge in [0.25, 0.3) is 0 Å². The summed E-state index contributed by atoms with van der Waals surface area (Å²) >= 11 is 0. The molecule has 0 unspecified atom stereocenters. The molecule has 0 spiro atoms. The maximum Gasteiger partial charge on any atom is 0.0568 e. The van der Waals surface area contributed by atoms with Crippen LogP contribution in [0.4, 0.5) is 0 Å². The Morgan fingerprint density at radius 2 is 2.00 bits per heavy atom. The smallest absolute Gasteiger partial charge is 0.0568 e. The molecular formula is C23H28N4. The third kappa shape index (κ3) is 4.28. The predicted octanol–water partition coefficient (Wildman–Crippen LogP) is 4.48. The molecule has 1 fully saturated rings. The Hall–Kier alpha value is -2.46. The molecule has 2 aromatic heterocycles. The van der Waals surface area contributed by atoms with Crippen molar-refractivity contribution in [1.29, 1.82) is 0 Å². The number of piperidine rings is 1. The highest BCUT2D eigenvalue weighted by molar-refractivity contribution is 5.62. The minimum absolute atomic E-state index is 0.499. The number of rotatable bonds is 4. The summed E-state index contributed by atoms with van der Waals surface area (Å²) in [6, 6.07) is 13.3. The van der Waals surface area contributed by atoms with Crippen LogP contribution in [0.2, 0.25) is 0 Å². The highest BCUT2D eigenvalue weighted by Gasteiger charge is 2.23. The van der Waals surface area contributed by atoms with Crippen LogP contribution in [0.25, 0.3) is 11.1 Å². The van der Waals surface area contributed by atoms with Gasteiger partial charge in [-0.1, -0.05) is 29.8 Å². The molecule has 27 heavy (non-hydrogen) atoms. The fraction of sp³-hybridized carbons (Fsp3) is 0.391. The van der Waals surface area contributed by atoms with Gasteiger partial charge < -0.3 is 0 Å². The molecule has 0 aliphatic carbocycles. The molecule has 4 heteroatoms. The van der Waals surface area contributed by atoms with E-state index in [1.807, 2.05) is 17.9 Å². The highest BCUT2D eigenvalue weighted by atomic mass is 15.2. The molecule has 1 aliphatic heterocycles. The van der Waals surface area contributed by atoms with Gasteiger partial charge in [-0.2, -0.15) is 5.10 Å². The molecule has 1 saturated heterocycles. The van der Waals surface area contributed by atoms with Gasteiger partial charge in [0.1, 0.15) is 0 Å². The van der Waals surface area contributed by atoms with Gasteiger partial charge in [-0.3, -0.25) is 14.6 Å². The number of aromatic nitrogens is 3. The normalized spacial score (nSPS) is 18.0. The first-order valence-electron chi connectivity index (χ1n) is 9.82. The van der Waals surface area contributed by atoms with Crippen LogP contribution in [0, 0.1) is 13.8 Å². The maximum atomic E-state index is 4.89. The van der Waals surface area contributed by atoms with Gasteiger partial charge in [-0.15, -0.1) is 0 Å². The lowest BCUT2D eigenvalue weighted by Gasteiger charge is -2.32. The lowest BCUT2D eigenvalue weighted by atomic mass is 9.92. The zero-order valence-electron chi connectivity index (χ0n) is 16.5. The topological polar surface area (TPSA) is 34.0 Å². The van der Waals surface area contributed by atoms with Crippen molar-refractivity contribution in [3.8, 4) is 11.1 Å². The Labute approximate surface area is 161 Å². The molecule has 4 nitrogen and oxygen atoms in total. The number of hydrogen-bond donors (Lipinski definition) is 0. The zero-order valence-corrected chi connectivity index (χ0v) is 16.5. The molecule has 0 saturated carbocycles. The average molecular weight is 361 g/mol. The third-order valence-corrected chi connectivity index (χ3v) is 5.42. The standard InChI is InChI=1S/C23H28N4/c1-17-6-4-7-19(10-17)14-27-9-5-8-20(16-27)23-12-21(11-18(2)25-23)22-13-24-26(3)15-22/h4,6-7,10-13,15,20H,5,8-9,14,16H2,1-3H3/t20-/m1/s1. The van der Waals surface area contributed by atoms with Crippen LogP contribution < -0.4 is 0 Å². The largest absolute Gasteiger partial charge is 0.298 e. The summed E-state index contributed by atoms with van der Waals surface area (Å²) in [5.41, 5.74) is 7.44. The molecule has 0 amide bonds. The van der Waals surface area contributed by atoms with Crippen molar-refractivity contribution in [3.05, 3.63) is 71.3 Å². The van der Waals surface area contributed by atoms with Crippen LogP contribution in [0.1, 0.15) is 41.3 Å². The van der Waals surface area contributed by atoms with Crippen molar-refractivity contribution in [2.45, 2.75) is 39.2 Å². The second kappa shape index (κ2) is 7.65. The van der Waals surface area contributed by atoms with Crippen molar-refractivity contribution >= 4 is 0 Å². The molecular weight excluding hydrogens is 332 g/mol.